The summed E-state index contributed by atoms with van der Waals surface area (Å²) in [5.74, 6) is -7.43. The average Bonchev–Trinajstić information content (AvgIpc) is 3.35. The third-order valence-corrected chi connectivity index (χ3v) is 12.5. The van der Waals surface area contributed by atoms with E-state index in [0.717, 1.165) is 31.2 Å². The molecule has 1 aliphatic rings. The first-order valence-electron chi connectivity index (χ1n) is 25.9. The number of anilines is 4. The second kappa shape index (κ2) is 35.0. The van der Waals surface area contributed by atoms with Crippen molar-refractivity contribution < 1.29 is 78.9 Å². The first-order valence-corrected chi connectivity index (χ1v) is 25.9. The van der Waals surface area contributed by atoms with Crippen LogP contribution in [0.2, 0.25) is 0 Å². The summed E-state index contributed by atoms with van der Waals surface area (Å²) >= 11 is 0. The van der Waals surface area contributed by atoms with E-state index in [1.54, 1.807) is 38.6 Å². The summed E-state index contributed by atoms with van der Waals surface area (Å²) in [6.45, 7) is 0.811. The third-order valence-electron chi connectivity index (χ3n) is 12.5. The van der Waals surface area contributed by atoms with E-state index in [9.17, 15) is 73.8 Å². The van der Waals surface area contributed by atoms with Gasteiger partial charge in [0.2, 0.25) is 23.8 Å². The molecule has 0 bridgehead atoms. The molecule has 1 saturated heterocycles. The number of hydrogen-bond acceptors (Lipinski definition) is 19. The molecule has 1 aliphatic heterocycles. The van der Waals surface area contributed by atoms with E-state index < -0.39 is 72.4 Å². The van der Waals surface area contributed by atoms with Crippen LogP contribution in [0.5, 0.6) is 0 Å². The molecular weight excluding hydrogens is 1030 g/mol. The Morgan fingerprint density at radius 3 is 1.65 bits per heavy atom. The molecule has 3 amide bonds. The minimum Gasteiger partial charge on any atom is -0.481 e. The topological polar surface area (TPSA) is 410 Å². The lowest BCUT2D eigenvalue weighted by atomic mass is 10.0. The molecule has 1 unspecified atom stereocenters. The lowest BCUT2D eigenvalue weighted by Gasteiger charge is -2.37. The number of nitrogens with one attached hydrogen (secondary N) is 5. The zero-order valence-electron chi connectivity index (χ0n) is 44.3. The lowest BCUT2D eigenvalue weighted by molar-refractivity contribution is -0.142. The molecule has 78 heavy (non-hydrogen) atoms. The largest absolute Gasteiger partial charge is 0.481 e. The number of unbranched alkanes of at least 4 members (excludes halogenated alkanes) is 6. The van der Waals surface area contributed by atoms with Gasteiger partial charge in [0.1, 0.15) is 12.1 Å². The van der Waals surface area contributed by atoms with Gasteiger partial charge in [-0.05, 0) is 56.2 Å². The number of aliphatic carboxylic acids is 7. The number of hydrogen-bond donors (Lipinski definition) is 12. The number of carbonyl (C=O) groups excluding carboxylic acids is 2. The van der Waals surface area contributed by atoms with E-state index in [0.29, 0.717) is 69.2 Å². The third kappa shape index (κ3) is 27.5. The second-order valence-corrected chi connectivity index (χ2v) is 19.2. The summed E-state index contributed by atoms with van der Waals surface area (Å²) in [6.07, 6.45) is 5.54. The first-order chi connectivity index (χ1) is 37.1. The number of rotatable bonds is 35. The highest BCUT2D eigenvalue weighted by Crippen LogP contribution is 2.20. The van der Waals surface area contributed by atoms with E-state index in [-0.39, 0.29) is 96.7 Å². The predicted molar refractivity (Wildman–Crippen MR) is 282 cm³/mol. The first kappa shape index (κ1) is 64.8. The number of amides is 3. The Kier molecular flexibility index (Phi) is 29.1. The van der Waals surface area contributed by atoms with Gasteiger partial charge in [0.25, 0.3) is 0 Å². The Bertz CT molecular complexity index is 2280. The van der Waals surface area contributed by atoms with Crippen LogP contribution in [-0.2, 0) is 44.8 Å². The van der Waals surface area contributed by atoms with Crippen LogP contribution in [0, 0.1) is 0 Å². The molecule has 2 aromatic rings. The van der Waals surface area contributed by atoms with Crippen molar-refractivity contribution in [3.05, 3.63) is 29.8 Å². The van der Waals surface area contributed by atoms with Crippen molar-refractivity contribution in [1.29, 1.82) is 0 Å². The maximum atomic E-state index is 12.4. The summed E-state index contributed by atoms with van der Waals surface area (Å²) in [6, 6.07) is 2.97. The molecule has 29 nitrogen and oxygen atoms in total. The standard InChI is InChI=1S/C49H77N13O16/c1-58(2)48-56-46(51-20-9-5-3-4-8-12-38(63)50-19-10-6-7-11-36(44(74)75)53-49(78)54-37(45(76)77)17-18-39(64)65)55-47(57-48)52-34-15-13-33(14-16-34)27-35-28-61(31-42(70)71)24-23-59(29-40(66)67)21-22-60(30-41(68)69)25-26-62(35)32-43(72)73/h13-16,35-37H,3-12,17-32H2,1-2H3,(H,50,63)(H,64,65)(H,66,67)(H,68,69)(H,70,71)(H,72,73)(H,74,75)(H,76,77)(H2,53,54,78)(H2,51,52,55,56,57)/t35?,36-,37-/m0/s1. The molecule has 0 radical (unpaired) electrons. The van der Waals surface area contributed by atoms with Gasteiger partial charge in [-0.3, -0.25) is 48.4 Å². The summed E-state index contributed by atoms with van der Waals surface area (Å²) in [5, 5.41) is 80.0. The Morgan fingerprint density at radius 1 is 0.564 bits per heavy atom. The minimum atomic E-state index is -1.50. The van der Waals surface area contributed by atoms with Crippen molar-refractivity contribution in [3.8, 4) is 0 Å². The molecule has 1 aromatic carbocycles. The zero-order valence-corrected chi connectivity index (χ0v) is 44.3. The maximum absolute atomic E-state index is 12.4. The highest BCUT2D eigenvalue weighted by atomic mass is 16.4. The Balaban J connectivity index is 1.48. The van der Waals surface area contributed by atoms with E-state index in [1.165, 1.54) is 0 Å². The maximum Gasteiger partial charge on any atom is 0.326 e. The van der Waals surface area contributed by atoms with Crippen LogP contribution in [0.4, 0.5) is 28.3 Å². The normalized spacial score (nSPS) is 15.8. The van der Waals surface area contributed by atoms with Crippen molar-refractivity contribution in [1.82, 2.24) is 50.5 Å². The van der Waals surface area contributed by atoms with Crippen molar-refractivity contribution in [3.63, 3.8) is 0 Å². The highest BCUT2D eigenvalue weighted by Gasteiger charge is 2.29. The van der Waals surface area contributed by atoms with Crippen LogP contribution in [0.15, 0.2) is 24.3 Å². The quantitative estimate of drug-likeness (QED) is 0.0422. The lowest BCUT2D eigenvalue weighted by Crippen LogP contribution is -2.53. The van der Waals surface area contributed by atoms with Crippen molar-refractivity contribution in [2.24, 2.45) is 0 Å². The summed E-state index contributed by atoms with van der Waals surface area (Å²) in [7, 11) is 3.59. The van der Waals surface area contributed by atoms with Gasteiger partial charge in [0.05, 0.1) is 26.2 Å². The molecule has 0 saturated carbocycles. The predicted octanol–water partition coefficient (Wildman–Crippen LogP) is 0.652. The number of carboxylic acid groups (broad SMARTS) is 7. The SMILES string of the molecule is CN(C)c1nc(NCCCCCCCC(=O)NCCCCC[C@H](NC(=O)N[C@@H](CCC(=O)O)C(=O)O)C(=O)O)nc(Nc2ccc(CC3CN(CC(=O)O)CCN(CC(=O)O)CCN(CC(=O)O)CCN3CC(=O)O)cc2)n1. The van der Waals surface area contributed by atoms with E-state index in [4.69, 9.17) is 5.11 Å². The number of carbonyl (C=O) groups is 9. The van der Waals surface area contributed by atoms with Gasteiger partial charge in [-0.25, -0.2) is 14.4 Å². The smallest absolute Gasteiger partial charge is 0.326 e. The highest BCUT2D eigenvalue weighted by molar-refractivity contribution is 5.86. The fourth-order valence-corrected chi connectivity index (χ4v) is 8.43. The monoisotopic (exact) mass is 1100 g/mol. The number of carboxylic acids is 7. The van der Waals surface area contributed by atoms with Gasteiger partial charge in [0, 0.05) is 97.6 Å². The van der Waals surface area contributed by atoms with Gasteiger partial charge >= 0.3 is 47.8 Å². The molecule has 29 heteroatoms. The molecule has 3 atom stereocenters. The van der Waals surface area contributed by atoms with Crippen LogP contribution < -0.4 is 31.5 Å². The van der Waals surface area contributed by atoms with Crippen molar-refractivity contribution >= 4 is 77.3 Å². The van der Waals surface area contributed by atoms with Crippen LogP contribution in [0.3, 0.4) is 0 Å². The van der Waals surface area contributed by atoms with Crippen molar-refractivity contribution in [2.45, 2.75) is 102 Å². The van der Waals surface area contributed by atoms with Crippen molar-refractivity contribution in [2.75, 3.05) is 115 Å². The molecule has 12 N–H and O–H groups in total. The molecule has 0 aliphatic carbocycles. The molecular formula is C49H77N13O16. The van der Waals surface area contributed by atoms with Crippen LogP contribution in [0.25, 0.3) is 0 Å². The van der Waals surface area contributed by atoms with E-state index >= 15 is 0 Å². The number of aromatic nitrogens is 3. The van der Waals surface area contributed by atoms with E-state index in [2.05, 4.69) is 41.5 Å². The number of nitrogens with zero attached hydrogens (tertiary/aromatic N) is 8. The van der Waals surface area contributed by atoms with E-state index in [1.807, 2.05) is 24.3 Å². The molecule has 0 spiro atoms. The minimum absolute atomic E-state index is 0.0650. The summed E-state index contributed by atoms with van der Waals surface area (Å²) in [5.41, 5.74) is 1.44. The Hall–Kier alpha value is -7.50. The Labute approximate surface area is 451 Å². The molecule has 434 valence electrons. The fourth-order valence-electron chi connectivity index (χ4n) is 8.43. The summed E-state index contributed by atoms with van der Waals surface area (Å²) in [4.78, 5) is 128. The van der Waals surface area contributed by atoms with Gasteiger partial charge in [0.15, 0.2) is 0 Å². The zero-order chi connectivity index (χ0) is 57.6. The Morgan fingerprint density at radius 2 is 1.08 bits per heavy atom. The fraction of sp³-hybridized carbons (Fsp3) is 0.633. The van der Waals surface area contributed by atoms with Crippen LogP contribution >= 0.6 is 0 Å². The summed E-state index contributed by atoms with van der Waals surface area (Å²) < 4.78 is 0. The second-order valence-electron chi connectivity index (χ2n) is 19.2. The van der Waals surface area contributed by atoms with Gasteiger partial charge < -0.3 is 67.2 Å². The van der Waals surface area contributed by atoms with Gasteiger partial charge in [-0.15, -0.1) is 0 Å². The number of benzene rings is 1. The molecule has 2 heterocycles. The average molecular weight is 1100 g/mol. The van der Waals surface area contributed by atoms with Crippen LogP contribution in [-0.4, -0.2) is 241 Å². The number of urea groups is 1. The molecule has 3 rings (SSSR count). The van der Waals surface area contributed by atoms with Gasteiger partial charge in [-0.1, -0.05) is 44.2 Å². The molecule has 1 aromatic heterocycles. The molecule has 1 fully saturated rings. The van der Waals surface area contributed by atoms with Gasteiger partial charge in [-0.2, -0.15) is 15.0 Å². The van der Waals surface area contributed by atoms with Crippen LogP contribution in [0.1, 0.15) is 82.6 Å².